The van der Waals surface area contributed by atoms with Crippen molar-refractivity contribution in [2.45, 2.75) is 137 Å². The van der Waals surface area contributed by atoms with E-state index >= 15 is 0 Å². The maximum Gasteiger partial charge on any atom is 0.472 e. The van der Waals surface area contributed by atoms with Crippen LogP contribution in [-0.4, -0.2) is 210 Å². The lowest BCUT2D eigenvalue weighted by molar-refractivity contribution is -0.0650. The summed E-state index contributed by atoms with van der Waals surface area (Å²) in [5.74, 6) is -0.925. The molecule has 6 aromatic rings. The molecule has 0 amide bonds. The first-order valence-electron chi connectivity index (χ1n) is 27.0. The van der Waals surface area contributed by atoms with Gasteiger partial charge in [-0.05, 0) is 13.8 Å². The molecule has 0 spiro atoms. The van der Waals surface area contributed by atoms with Gasteiger partial charge in [-0.15, -0.1) is 0 Å². The number of nitrogen functional groups attached to an aromatic ring is 3. The van der Waals surface area contributed by atoms with Crippen LogP contribution in [-0.2, 0) is 73.6 Å². The van der Waals surface area contributed by atoms with Crippen LogP contribution >= 0.6 is 31.1 Å². The van der Waals surface area contributed by atoms with Gasteiger partial charge in [-0.2, -0.15) is 9.97 Å². The molecule has 47 heteroatoms. The Hall–Kier alpha value is -6.02. The zero-order valence-electron chi connectivity index (χ0n) is 47.4. The van der Waals surface area contributed by atoms with Crippen molar-refractivity contribution in [3.05, 3.63) is 84.2 Å². The van der Waals surface area contributed by atoms with Crippen molar-refractivity contribution in [3.63, 3.8) is 0 Å². The molecule has 4 aliphatic rings. The molecule has 0 aliphatic carbocycles. The quantitative estimate of drug-likeness (QED) is 0.0248. The number of hydrogen-bond donors (Lipinski definition) is 15. The van der Waals surface area contributed by atoms with Crippen LogP contribution < -0.4 is 39.7 Å². The van der Waals surface area contributed by atoms with Crippen molar-refractivity contribution in [2.75, 3.05) is 43.6 Å². The summed E-state index contributed by atoms with van der Waals surface area (Å²) in [6.07, 6.45) is -27.2. The molecule has 0 saturated carbocycles. The van der Waals surface area contributed by atoms with Crippen LogP contribution in [0.4, 0.5) is 17.6 Å². The summed E-state index contributed by atoms with van der Waals surface area (Å²) in [4.78, 5) is 126. The highest BCUT2D eigenvalue weighted by Crippen LogP contribution is 2.56. The molecule has 18 N–H and O–H groups in total. The number of aliphatic hydroxyl groups is 4. The Bertz CT molecular complexity index is 4070. The number of ether oxygens (including phenoxy) is 5. The van der Waals surface area contributed by atoms with Crippen molar-refractivity contribution in [3.8, 4) is 0 Å². The fourth-order valence-corrected chi connectivity index (χ4v) is 13.8. The average molecular weight is 1370 g/mol. The van der Waals surface area contributed by atoms with Crippen LogP contribution in [0.5, 0.6) is 0 Å². The van der Waals surface area contributed by atoms with Gasteiger partial charge in [0.05, 0.1) is 62.2 Å². The second kappa shape index (κ2) is 26.4. The smallest absolute Gasteiger partial charge is 0.387 e. The van der Waals surface area contributed by atoms with E-state index in [9.17, 15) is 77.4 Å². The van der Waals surface area contributed by atoms with Crippen LogP contribution in [0.25, 0.3) is 22.3 Å². The maximum atomic E-state index is 14.2. The number of imidazole rings is 2. The molecule has 8 unspecified atom stereocenters. The van der Waals surface area contributed by atoms with Crippen LogP contribution in [0.1, 0.15) is 63.7 Å². The van der Waals surface area contributed by atoms with Crippen LogP contribution in [0.2, 0.25) is 0 Å². The molecule has 43 nitrogen and oxygen atoms in total. The number of fused-ring (bicyclic) bond motifs is 2. The summed E-state index contributed by atoms with van der Waals surface area (Å²) in [6, 6.07) is 1.90. The van der Waals surface area contributed by atoms with Gasteiger partial charge in [0.15, 0.2) is 35.1 Å². The second-order valence-corrected chi connectivity index (χ2v) is 28.0. The Balaban J connectivity index is 0.886. The maximum absolute atomic E-state index is 14.2. The Morgan fingerprint density at radius 1 is 0.571 bits per heavy atom. The average Bonchev–Trinajstić information content (AvgIpc) is 1.66. The SMILES string of the molecule is CC(C)OC[C@H]1O[C@@H](c2cc(=O)[nH]c(=O)[nH]2)C(O)[C@H]1OP(=O)(O)OC[C@H]1O[C@@H](c2cc(N)nc(=O)[nH]2)C(O)[C@H]1OP(=O)(O)OC[C@H]1O[C@@H](n2cnc3c(=O)[nH]c(N)nc32)C(O)[C@H]1OP(=O)(O)OC[C@H]1O[C@@H](n2cnc3c(N)ncnc32)C(O)[C@H]1OP(=O)(O)C(C)C. The molecule has 10 rings (SSSR count). The van der Waals surface area contributed by atoms with Gasteiger partial charge in [0.2, 0.25) is 5.95 Å². The molecule has 6 aromatic heterocycles. The number of phosphoric ester groups is 3. The van der Waals surface area contributed by atoms with Gasteiger partial charge >= 0.3 is 42.4 Å². The van der Waals surface area contributed by atoms with Crippen molar-refractivity contribution >= 4 is 71.0 Å². The third-order valence-corrected chi connectivity index (χ3v) is 19.1. The molecule has 0 radical (unpaired) electrons. The largest absolute Gasteiger partial charge is 0.472 e. The molecule has 4 aliphatic heterocycles. The lowest BCUT2D eigenvalue weighted by atomic mass is 10.1. The summed E-state index contributed by atoms with van der Waals surface area (Å²) >= 11 is 0. The molecular weight excluding hydrogens is 1310 g/mol. The predicted octanol–water partition coefficient (Wildman–Crippen LogP) is -3.40. The van der Waals surface area contributed by atoms with Gasteiger partial charge in [0.25, 0.3) is 11.1 Å². The standard InChI is InChI=1S/C44H61N15O28P4/c1-14(2)76-7-18-32(27(62)31(80-18)17-6-23(60)55-44(67)53-17)85-89(70,71)77-8-19-33(26(61)30(81-19)16-5-22(45)54-43(66)52-16)86-90(72,73)79-10-21-35(29(64)41(83-21)59-13-51-25-38(59)56-42(47)57-39(25)65)87-91(74,75)78-9-20-34(84-88(68,69)15(3)4)28(63)40(82-20)58-12-50-24-36(46)48-11-49-37(24)58/h5-6,11-15,18-21,26-35,40-41,61-64H,7-10H2,1-4H3,(H,68,69)(H,70,71)(H,72,73)(H,74,75)(H2,46,48,49)(H3,45,52,54,66)(H3,47,56,57,65)(H2,53,55,60,67)/t18-,19-,20-,21-,26?,27?,28?,29?,30+,31+,32+,33+,34+,35+,40-,41-/m1/s1. The fourth-order valence-electron chi connectivity index (χ4n) is 10.1. The van der Waals surface area contributed by atoms with Gasteiger partial charge in [-0.3, -0.25) is 64.9 Å². The number of aliphatic hydroxyl groups excluding tert-OH is 4. The summed E-state index contributed by atoms with van der Waals surface area (Å²) in [5.41, 5.74) is 11.5. The van der Waals surface area contributed by atoms with E-state index in [2.05, 4.69) is 44.9 Å². The Morgan fingerprint density at radius 3 is 1.57 bits per heavy atom. The van der Waals surface area contributed by atoms with Gasteiger partial charge in [-0.25, -0.2) is 43.2 Å². The van der Waals surface area contributed by atoms with Gasteiger partial charge < -0.3 is 90.9 Å². The number of H-pyrrole nitrogens is 4. The normalized spacial score (nSPS) is 31.4. The van der Waals surface area contributed by atoms with E-state index in [1.807, 2.05) is 4.98 Å². The van der Waals surface area contributed by atoms with Crippen molar-refractivity contribution < 1.29 is 114 Å². The summed E-state index contributed by atoms with van der Waals surface area (Å²) in [6.45, 7) is 1.94. The fraction of sp³-hybridized carbons (Fsp3) is 0.591. The van der Waals surface area contributed by atoms with E-state index in [1.165, 1.54) is 18.4 Å². The molecule has 10 heterocycles. The van der Waals surface area contributed by atoms with E-state index in [4.69, 9.17) is 72.6 Å². The zero-order valence-corrected chi connectivity index (χ0v) is 51.0. The van der Waals surface area contributed by atoms with Crippen molar-refractivity contribution in [1.82, 2.24) is 59.0 Å². The number of nitrogens with one attached hydrogen (secondary N) is 4. The number of rotatable bonds is 25. The molecule has 4 fully saturated rings. The predicted molar refractivity (Wildman–Crippen MR) is 299 cm³/mol. The first-order chi connectivity index (χ1) is 42.7. The van der Waals surface area contributed by atoms with E-state index < -0.39 is 201 Å². The lowest BCUT2D eigenvalue weighted by Crippen LogP contribution is -2.38. The highest BCUT2D eigenvalue weighted by atomic mass is 31.2. The first kappa shape index (κ1) is 67.9. The van der Waals surface area contributed by atoms with E-state index in [0.717, 1.165) is 35.7 Å². The minimum atomic E-state index is -5.78. The third-order valence-electron chi connectivity index (χ3n) is 14.3. The first-order valence-corrected chi connectivity index (χ1v) is 33.1. The Labute approximate surface area is 507 Å². The number of nitrogens with zero attached hydrogens (tertiary/aromatic N) is 8. The molecule has 91 heavy (non-hydrogen) atoms. The number of phosphoric acid groups is 3. The highest BCUT2D eigenvalue weighted by Gasteiger charge is 2.56. The lowest BCUT2D eigenvalue weighted by Gasteiger charge is -2.27. The van der Waals surface area contributed by atoms with E-state index in [1.54, 1.807) is 13.8 Å². The van der Waals surface area contributed by atoms with Crippen LogP contribution in [0, 0.1) is 0 Å². The number of hydrogen-bond acceptors (Lipinski definition) is 33. The van der Waals surface area contributed by atoms with Crippen LogP contribution in [0.3, 0.4) is 0 Å². The summed E-state index contributed by atoms with van der Waals surface area (Å²) < 4.78 is 124. The highest BCUT2D eigenvalue weighted by molar-refractivity contribution is 7.53. The topological polar surface area (TPSA) is 638 Å². The number of aromatic nitrogens is 12. The van der Waals surface area contributed by atoms with Gasteiger partial charge in [0, 0.05) is 12.1 Å². The summed E-state index contributed by atoms with van der Waals surface area (Å²) in [5, 5.41) is 46.5. The molecule has 0 bridgehead atoms. The van der Waals surface area contributed by atoms with Gasteiger partial charge in [0.1, 0.15) is 103 Å². The Kier molecular flexibility index (Phi) is 19.7. The molecule has 4 saturated heterocycles. The van der Waals surface area contributed by atoms with E-state index in [-0.39, 0.29) is 39.5 Å². The zero-order chi connectivity index (χ0) is 66.0. The number of aromatic amines is 4. The molecular formula is C44H61N15O28P4. The van der Waals surface area contributed by atoms with Crippen LogP contribution in [0.15, 0.2) is 50.3 Å². The van der Waals surface area contributed by atoms with Gasteiger partial charge in [-0.1, -0.05) is 13.8 Å². The minimum absolute atomic E-state index is 0.0215. The summed E-state index contributed by atoms with van der Waals surface area (Å²) in [7, 11) is -21.6. The molecule has 20 atom stereocenters. The molecule has 0 aromatic carbocycles. The monoisotopic (exact) mass is 1370 g/mol. The van der Waals surface area contributed by atoms with Crippen molar-refractivity contribution in [2.24, 2.45) is 0 Å². The molecule has 500 valence electrons. The van der Waals surface area contributed by atoms with Crippen molar-refractivity contribution in [1.29, 1.82) is 0 Å². The Morgan fingerprint density at radius 2 is 1.05 bits per heavy atom. The minimum Gasteiger partial charge on any atom is -0.387 e. The van der Waals surface area contributed by atoms with E-state index in [0.29, 0.717) is 0 Å². The third kappa shape index (κ3) is 14.8. The number of anilines is 3. The number of nitrogens with two attached hydrogens (primary N) is 3. The second-order valence-electron chi connectivity index (χ2n) is 21.4.